The van der Waals surface area contributed by atoms with Gasteiger partial charge in [-0.2, -0.15) is 24.9 Å². The van der Waals surface area contributed by atoms with Crippen LogP contribution in [0.15, 0.2) is 18.2 Å². The Balaban J connectivity index is 1.64. The molecule has 1 aromatic carbocycles. The number of halogens is 3. The average Bonchev–Trinajstić information content (AvgIpc) is 2.69. The molecule has 1 saturated carbocycles. The molecular formula is C20H25F3N2O2S. The largest absolute Gasteiger partial charge is 0.391 e. The predicted octanol–water partition coefficient (Wildman–Crippen LogP) is 4.49. The molecule has 2 unspecified atom stereocenters. The van der Waals surface area contributed by atoms with Crippen molar-refractivity contribution in [3.05, 3.63) is 29.3 Å². The lowest BCUT2D eigenvalue weighted by atomic mass is 9.80. The van der Waals surface area contributed by atoms with Crippen molar-refractivity contribution in [1.82, 2.24) is 4.90 Å². The van der Waals surface area contributed by atoms with Gasteiger partial charge in [0.2, 0.25) is 5.91 Å². The maximum Gasteiger partial charge on any atom is 0.391 e. The highest BCUT2D eigenvalue weighted by Gasteiger charge is 2.43. The molecule has 0 bridgehead atoms. The van der Waals surface area contributed by atoms with Crippen molar-refractivity contribution in [1.29, 1.82) is 0 Å². The van der Waals surface area contributed by atoms with E-state index in [2.05, 4.69) is 5.32 Å². The normalized spacial score (nSPS) is 23.4. The maximum atomic E-state index is 13.0. The van der Waals surface area contributed by atoms with Crippen LogP contribution in [0.5, 0.6) is 0 Å². The molecule has 2 aliphatic rings. The topological polar surface area (TPSA) is 49.4 Å². The monoisotopic (exact) mass is 414 g/mol. The zero-order valence-corrected chi connectivity index (χ0v) is 16.7. The Morgan fingerprint density at radius 1 is 1.18 bits per heavy atom. The Morgan fingerprint density at radius 2 is 1.89 bits per heavy atom. The van der Waals surface area contributed by atoms with Gasteiger partial charge in [0.05, 0.1) is 5.92 Å². The van der Waals surface area contributed by atoms with Gasteiger partial charge in [0.25, 0.3) is 5.91 Å². The van der Waals surface area contributed by atoms with E-state index in [0.29, 0.717) is 24.1 Å². The number of aryl methyl sites for hydroxylation is 1. The second kappa shape index (κ2) is 8.76. The molecule has 1 aliphatic carbocycles. The molecule has 3 rings (SSSR count). The van der Waals surface area contributed by atoms with Gasteiger partial charge >= 0.3 is 6.18 Å². The first kappa shape index (κ1) is 21.0. The van der Waals surface area contributed by atoms with Crippen LogP contribution in [0.4, 0.5) is 18.9 Å². The Kier molecular flexibility index (Phi) is 6.58. The van der Waals surface area contributed by atoms with Crippen molar-refractivity contribution in [3.8, 4) is 0 Å². The highest BCUT2D eigenvalue weighted by Crippen LogP contribution is 2.40. The molecule has 1 saturated heterocycles. The molecule has 2 atom stereocenters. The first-order chi connectivity index (χ1) is 13.3. The fourth-order valence-corrected chi connectivity index (χ4v) is 4.75. The molecule has 154 valence electrons. The van der Waals surface area contributed by atoms with Crippen LogP contribution in [0, 0.1) is 18.8 Å². The molecule has 2 fully saturated rings. The van der Waals surface area contributed by atoms with E-state index in [4.69, 9.17) is 0 Å². The lowest BCUT2D eigenvalue weighted by Gasteiger charge is -2.30. The van der Waals surface area contributed by atoms with Crippen LogP contribution in [0.2, 0.25) is 0 Å². The number of carbonyl (C=O) groups excluding carboxylic acids is 2. The van der Waals surface area contributed by atoms with E-state index in [1.54, 1.807) is 25.1 Å². The molecular weight excluding hydrogens is 389 g/mol. The van der Waals surface area contributed by atoms with E-state index in [0.717, 1.165) is 30.2 Å². The Morgan fingerprint density at radius 3 is 2.54 bits per heavy atom. The Labute approximate surface area is 167 Å². The smallest absolute Gasteiger partial charge is 0.337 e. The highest BCUT2D eigenvalue weighted by atomic mass is 32.2. The molecule has 1 aromatic rings. The van der Waals surface area contributed by atoms with Gasteiger partial charge in [0.1, 0.15) is 0 Å². The van der Waals surface area contributed by atoms with E-state index in [9.17, 15) is 22.8 Å². The summed E-state index contributed by atoms with van der Waals surface area (Å²) in [5.74, 6) is -0.572. The van der Waals surface area contributed by atoms with Crippen LogP contribution in [0.1, 0.15) is 41.6 Å². The number of benzene rings is 1. The van der Waals surface area contributed by atoms with E-state index in [-0.39, 0.29) is 24.7 Å². The average molecular weight is 414 g/mol. The second-order valence-corrected chi connectivity index (χ2v) is 8.75. The molecule has 28 heavy (non-hydrogen) atoms. The van der Waals surface area contributed by atoms with Gasteiger partial charge in [0.15, 0.2) is 0 Å². The highest BCUT2D eigenvalue weighted by molar-refractivity contribution is 7.99. The number of thioether (sulfide) groups is 1. The van der Waals surface area contributed by atoms with Gasteiger partial charge in [-0.05, 0) is 49.9 Å². The number of alkyl halides is 3. The number of nitrogens with zero attached hydrogens (tertiary/aromatic N) is 1. The maximum absolute atomic E-state index is 13.0. The summed E-state index contributed by atoms with van der Waals surface area (Å²) in [6, 6.07) is 5.08. The van der Waals surface area contributed by atoms with E-state index < -0.39 is 18.0 Å². The van der Waals surface area contributed by atoms with E-state index in [1.165, 1.54) is 0 Å². The minimum atomic E-state index is -4.25. The number of hydrogen-bond acceptors (Lipinski definition) is 3. The van der Waals surface area contributed by atoms with Gasteiger partial charge < -0.3 is 10.2 Å². The lowest BCUT2D eigenvalue weighted by molar-refractivity contribution is -0.185. The Bertz CT molecular complexity index is 733. The summed E-state index contributed by atoms with van der Waals surface area (Å²) in [7, 11) is 0. The molecule has 8 heteroatoms. The summed E-state index contributed by atoms with van der Waals surface area (Å²) in [4.78, 5) is 26.9. The molecule has 0 spiro atoms. The Hall–Kier alpha value is -1.70. The molecule has 1 heterocycles. The summed E-state index contributed by atoms with van der Waals surface area (Å²) < 4.78 is 38.9. The molecule has 4 nitrogen and oxygen atoms in total. The number of carbonyl (C=O) groups is 2. The summed E-state index contributed by atoms with van der Waals surface area (Å²) in [5, 5.41) is 2.76. The fraction of sp³-hybridized carbons (Fsp3) is 0.600. The van der Waals surface area contributed by atoms with Crippen LogP contribution < -0.4 is 5.32 Å². The van der Waals surface area contributed by atoms with Gasteiger partial charge in [-0.25, -0.2) is 0 Å². The zero-order valence-electron chi connectivity index (χ0n) is 15.8. The third-order valence-corrected chi connectivity index (χ3v) is 6.48. The second-order valence-electron chi connectivity index (χ2n) is 7.53. The summed E-state index contributed by atoms with van der Waals surface area (Å²) in [6.45, 7) is 3.24. The van der Waals surface area contributed by atoms with Crippen LogP contribution in [-0.2, 0) is 4.79 Å². The molecule has 2 amide bonds. The van der Waals surface area contributed by atoms with Gasteiger partial charge in [-0.15, -0.1) is 0 Å². The number of rotatable bonds is 3. The van der Waals surface area contributed by atoms with Gasteiger partial charge in [0, 0.05) is 41.8 Å². The van der Waals surface area contributed by atoms with Gasteiger partial charge in [-0.3, -0.25) is 9.59 Å². The van der Waals surface area contributed by atoms with Crippen molar-refractivity contribution >= 4 is 29.3 Å². The van der Waals surface area contributed by atoms with E-state index >= 15 is 0 Å². The predicted molar refractivity (Wildman–Crippen MR) is 105 cm³/mol. The quantitative estimate of drug-likeness (QED) is 0.793. The van der Waals surface area contributed by atoms with Crippen molar-refractivity contribution < 1.29 is 22.8 Å². The first-order valence-corrected chi connectivity index (χ1v) is 10.8. The van der Waals surface area contributed by atoms with E-state index in [1.807, 2.05) is 16.7 Å². The van der Waals surface area contributed by atoms with Crippen LogP contribution >= 0.6 is 11.8 Å². The fourth-order valence-electron chi connectivity index (χ4n) is 3.85. The van der Waals surface area contributed by atoms with Crippen molar-refractivity contribution in [2.45, 2.75) is 38.8 Å². The minimum absolute atomic E-state index is 0.0263. The number of amides is 2. The molecule has 0 radical (unpaired) electrons. The van der Waals surface area contributed by atoms with Crippen molar-refractivity contribution in [3.63, 3.8) is 0 Å². The number of nitrogens with one attached hydrogen (secondary N) is 1. The van der Waals surface area contributed by atoms with Crippen LogP contribution in [0.3, 0.4) is 0 Å². The number of hydrogen-bond donors (Lipinski definition) is 1. The third kappa shape index (κ3) is 5.01. The molecule has 0 aromatic heterocycles. The standard InChI is InChI=1S/C20H25F3N2O2S/c1-13-11-15(19(27)25-7-9-28-10-8-25)5-6-17(13)24-18(26)14-3-2-4-16(12-14)20(21,22)23/h5-6,11,14,16H,2-4,7-10,12H2,1H3,(H,24,26). The SMILES string of the molecule is Cc1cc(C(=O)N2CCSCC2)ccc1NC(=O)C1CCCC(C(F)(F)F)C1. The van der Waals surface area contributed by atoms with Crippen LogP contribution in [0.25, 0.3) is 0 Å². The molecule has 1 N–H and O–H groups in total. The van der Waals surface area contributed by atoms with Gasteiger partial charge in [-0.1, -0.05) is 6.42 Å². The van der Waals surface area contributed by atoms with Crippen molar-refractivity contribution in [2.75, 3.05) is 29.9 Å². The minimum Gasteiger partial charge on any atom is -0.337 e. The first-order valence-electron chi connectivity index (χ1n) is 9.61. The molecule has 1 aliphatic heterocycles. The number of anilines is 1. The summed E-state index contributed by atoms with van der Waals surface area (Å²) in [5.41, 5.74) is 1.84. The van der Waals surface area contributed by atoms with Crippen LogP contribution in [-0.4, -0.2) is 47.5 Å². The van der Waals surface area contributed by atoms with Crippen molar-refractivity contribution in [2.24, 2.45) is 11.8 Å². The third-order valence-electron chi connectivity index (χ3n) is 5.54. The lowest BCUT2D eigenvalue weighted by Crippen LogP contribution is -2.37. The zero-order chi connectivity index (χ0) is 20.3. The summed E-state index contributed by atoms with van der Waals surface area (Å²) >= 11 is 1.83. The summed E-state index contributed by atoms with van der Waals surface area (Å²) in [6.07, 6.45) is -3.43.